The van der Waals surface area contributed by atoms with Crippen LogP contribution >= 0.6 is 0 Å². The molecule has 0 unspecified atom stereocenters. The van der Waals surface area contributed by atoms with Crippen molar-refractivity contribution in [2.75, 3.05) is 14.1 Å². The first-order valence-corrected chi connectivity index (χ1v) is 4.36. The SMILES string of the molecule is CN(C)C(=O)c1cccc(C(F)(F)F)c1O. The van der Waals surface area contributed by atoms with Gasteiger partial charge in [0.2, 0.25) is 0 Å². The van der Waals surface area contributed by atoms with E-state index in [0.29, 0.717) is 0 Å². The highest BCUT2D eigenvalue weighted by atomic mass is 19.4. The van der Waals surface area contributed by atoms with Crippen LogP contribution in [0.1, 0.15) is 15.9 Å². The summed E-state index contributed by atoms with van der Waals surface area (Å²) >= 11 is 0. The Hall–Kier alpha value is -1.72. The molecule has 0 aliphatic rings. The minimum absolute atomic E-state index is 0.361. The van der Waals surface area contributed by atoms with E-state index in [9.17, 15) is 23.1 Å². The van der Waals surface area contributed by atoms with E-state index in [4.69, 9.17) is 0 Å². The Bertz CT molecular complexity index is 413. The lowest BCUT2D eigenvalue weighted by Gasteiger charge is -2.14. The molecule has 0 spiro atoms. The third-order valence-corrected chi connectivity index (χ3v) is 1.98. The van der Waals surface area contributed by atoms with Crippen molar-refractivity contribution in [3.8, 4) is 5.75 Å². The molecule has 1 N–H and O–H groups in total. The Morgan fingerprint density at radius 2 is 1.88 bits per heavy atom. The van der Waals surface area contributed by atoms with Crippen molar-refractivity contribution in [2.45, 2.75) is 6.18 Å². The molecule has 3 nitrogen and oxygen atoms in total. The Morgan fingerprint density at radius 3 is 2.31 bits per heavy atom. The summed E-state index contributed by atoms with van der Waals surface area (Å²) in [6, 6.07) is 2.95. The van der Waals surface area contributed by atoms with Gasteiger partial charge >= 0.3 is 6.18 Å². The molecular formula is C10H10F3NO2. The lowest BCUT2D eigenvalue weighted by molar-refractivity contribution is -0.138. The van der Waals surface area contributed by atoms with Crippen LogP contribution in [0.25, 0.3) is 0 Å². The minimum Gasteiger partial charge on any atom is -0.506 e. The molecule has 1 aromatic rings. The van der Waals surface area contributed by atoms with Crippen LogP contribution in [-0.2, 0) is 6.18 Å². The molecule has 0 radical (unpaired) electrons. The second-order valence-corrected chi connectivity index (χ2v) is 3.40. The molecule has 0 heterocycles. The van der Waals surface area contributed by atoms with Gasteiger partial charge in [-0.15, -0.1) is 0 Å². The summed E-state index contributed by atoms with van der Waals surface area (Å²) in [7, 11) is 2.78. The van der Waals surface area contributed by atoms with Crippen LogP contribution in [0.2, 0.25) is 0 Å². The van der Waals surface area contributed by atoms with Gasteiger partial charge in [-0.1, -0.05) is 6.07 Å². The summed E-state index contributed by atoms with van der Waals surface area (Å²) in [6.07, 6.45) is -4.67. The summed E-state index contributed by atoms with van der Waals surface area (Å²) < 4.78 is 37.2. The minimum atomic E-state index is -4.67. The second-order valence-electron chi connectivity index (χ2n) is 3.40. The maximum Gasteiger partial charge on any atom is 0.419 e. The van der Waals surface area contributed by atoms with Crippen LogP contribution in [0, 0.1) is 0 Å². The quantitative estimate of drug-likeness (QED) is 0.807. The zero-order valence-corrected chi connectivity index (χ0v) is 8.67. The monoisotopic (exact) mass is 233 g/mol. The lowest BCUT2D eigenvalue weighted by Crippen LogP contribution is -2.22. The predicted octanol–water partition coefficient (Wildman–Crippen LogP) is 2.11. The Kier molecular flexibility index (Phi) is 3.11. The van der Waals surface area contributed by atoms with Crippen LogP contribution in [0.3, 0.4) is 0 Å². The van der Waals surface area contributed by atoms with Crippen LogP contribution in [0.5, 0.6) is 5.75 Å². The number of halogens is 3. The number of phenols is 1. The Morgan fingerprint density at radius 1 is 1.31 bits per heavy atom. The van der Waals surface area contributed by atoms with E-state index in [2.05, 4.69) is 0 Å². The fourth-order valence-electron chi connectivity index (χ4n) is 1.19. The smallest absolute Gasteiger partial charge is 0.419 e. The van der Waals surface area contributed by atoms with E-state index in [0.717, 1.165) is 23.1 Å². The first kappa shape index (κ1) is 12.4. The van der Waals surface area contributed by atoms with E-state index in [1.54, 1.807) is 0 Å². The van der Waals surface area contributed by atoms with Crippen molar-refractivity contribution in [3.63, 3.8) is 0 Å². The number of carbonyl (C=O) groups is 1. The van der Waals surface area contributed by atoms with Gasteiger partial charge in [-0.2, -0.15) is 13.2 Å². The molecule has 0 saturated carbocycles. The average molecular weight is 233 g/mol. The number of rotatable bonds is 1. The molecule has 0 fully saturated rings. The molecule has 0 aliphatic carbocycles. The van der Waals surface area contributed by atoms with Gasteiger partial charge in [0.1, 0.15) is 5.75 Å². The number of hydrogen-bond acceptors (Lipinski definition) is 2. The van der Waals surface area contributed by atoms with Crippen LogP contribution in [0.4, 0.5) is 13.2 Å². The van der Waals surface area contributed by atoms with E-state index in [-0.39, 0.29) is 5.56 Å². The number of benzene rings is 1. The fourth-order valence-corrected chi connectivity index (χ4v) is 1.19. The number of hydrogen-bond donors (Lipinski definition) is 1. The van der Waals surface area contributed by atoms with E-state index >= 15 is 0 Å². The van der Waals surface area contributed by atoms with Crippen molar-refractivity contribution >= 4 is 5.91 Å². The molecule has 0 aliphatic heterocycles. The molecule has 1 rings (SSSR count). The molecule has 6 heteroatoms. The number of amides is 1. The molecule has 1 aromatic carbocycles. The van der Waals surface area contributed by atoms with Crippen molar-refractivity contribution in [3.05, 3.63) is 29.3 Å². The summed E-state index contributed by atoms with van der Waals surface area (Å²) in [5, 5.41) is 9.38. The van der Waals surface area contributed by atoms with E-state index in [1.165, 1.54) is 14.1 Å². The summed E-state index contributed by atoms with van der Waals surface area (Å²) in [4.78, 5) is 12.5. The van der Waals surface area contributed by atoms with Gasteiger partial charge in [0, 0.05) is 14.1 Å². The molecule has 88 valence electrons. The fraction of sp³-hybridized carbons (Fsp3) is 0.300. The zero-order valence-electron chi connectivity index (χ0n) is 8.67. The molecule has 0 saturated heterocycles. The largest absolute Gasteiger partial charge is 0.506 e. The van der Waals surface area contributed by atoms with Gasteiger partial charge in [0.15, 0.2) is 0 Å². The standard InChI is InChI=1S/C10H10F3NO2/c1-14(2)9(16)6-4-3-5-7(8(6)15)10(11,12)13/h3-5,15H,1-2H3. The van der Waals surface area contributed by atoms with Gasteiger partial charge in [-0.05, 0) is 12.1 Å². The number of phenolic OH excluding ortho intramolecular Hbond substituents is 1. The Labute approximate surface area is 90.1 Å². The van der Waals surface area contributed by atoms with Gasteiger partial charge < -0.3 is 10.0 Å². The number of para-hydroxylation sites is 1. The molecule has 0 aromatic heterocycles. The second kappa shape index (κ2) is 4.03. The number of nitrogens with zero attached hydrogens (tertiary/aromatic N) is 1. The van der Waals surface area contributed by atoms with Gasteiger partial charge in [0.05, 0.1) is 11.1 Å². The Balaban J connectivity index is 3.30. The highest BCUT2D eigenvalue weighted by molar-refractivity contribution is 5.96. The number of alkyl halides is 3. The van der Waals surface area contributed by atoms with Gasteiger partial charge in [-0.25, -0.2) is 0 Å². The van der Waals surface area contributed by atoms with Crippen molar-refractivity contribution < 1.29 is 23.1 Å². The predicted molar refractivity (Wildman–Crippen MR) is 51.1 cm³/mol. The zero-order chi connectivity index (χ0) is 12.5. The average Bonchev–Trinajstić information content (AvgIpc) is 2.15. The molecule has 0 atom stereocenters. The molecule has 1 amide bonds. The summed E-state index contributed by atoms with van der Waals surface area (Å²) in [5.74, 6) is -1.71. The topological polar surface area (TPSA) is 40.5 Å². The number of carbonyl (C=O) groups excluding carboxylic acids is 1. The maximum absolute atomic E-state index is 12.4. The maximum atomic E-state index is 12.4. The highest BCUT2D eigenvalue weighted by Gasteiger charge is 2.35. The van der Waals surface area contributed by atoms with Crippen molar-refractivity contribution in [1.82, 2.24) is 4.90 Å². The first-order valence-electron chi connectivity index (χ1n) is 4.36. The van der Waals surface area contributed by atoms with Gasteiger partial charge in [0.25, 0.3) is 5.91 Å². The van der Waals surface area contributed by atoms with Crippen molar-refractivity contribution in [1.29, 1.82) is 0 Å². The first-order chi connectivity index (χ1) is 7.25. The van der Waals surface area contributed by atoms with Crippen LogP contribution < -0.4 is 0 Å². The molecule has 16 heavy (non-hydrogen) atoms. The van der Waals surface area contributed by atoms with Gasteiger partial charge in [-0.3, -0.25) is 4.79 Å². The molecular weight excluding hydrogens is 223 g/mol. The molecule has 0 bridgehead atoms. The third-order valence-electron chi connectivity index (χ3n) is 1.98. The van der Waals surface area contributed by atoms with Crippen LogP contribution in [-0.4, -0.2) is 30.0 Å². The summed E-state index contributed by atoms with van der Waals surface area (Å²) in [5.41, 5.74) is -1.57. The highest BCUT2D eigenvalue weighted by Crippen LogP contribution is 2.37. The van der Waals surface area contributed by atoms with Crippen molar-refractivity contribution in [2.24, 2.45) is 0 Å². The number of aromatic hydroxyl groups is 1. The summed E-state index contributed by atoms with van der Waals surface area (Å²) in [6.45, 7) is 0. The van der Waals surface area contributed by atoms with E-state index in [1.807, 2.05) is 0 Å². The van der Waals surface area contributed by atoms with Crippen LogP contribution in [0.15, 0.2) is 18.2 Å². The normalized spacial score (nSPS) is 11.3. The third kappa shape index (κ3) is 2.26. The lowest BCUT2D eigenvalue weighted by atomic mass is 10.1. The van der Waals surface area contributed by atoms with E-state index < -0.39 is 23.4 Å².